The van der Waals surface area contributed by atoms with E-state index < -0.39 is 9.84 Å². The number of benzene rings is 1. The Morgan fingerprint density at radius 3 is 2.94 bits per heavy atom. The summed E-state index contributed by atoms with van der Waals surface area (Å²) in [5.41, 5.74) is 1.16. The number of fused-ring (bicyclic) bond motifs is 1. The highest BCUT2D eigenvalue weighted by Gasteiger charge is 2.22. The Hall–Kier alpha value is -1.07. The molecule has 1 aliphatic rings. The third-order valence-corrected chi connectivity index (χ3v) is 3.81. The van der Waals surface area contributed by atoms with E-state index in [9.17, 15) is 8.42 Å². The number of para-hydroxylation sites is 1. The predicted molar refractivity (Wildman–Crippen MR) is 67.0 cm³/mol. The fourth-order valence-corrected chi connectivity index (χ4v) is 2.61. The molecule has 4 nitrogen and oxygen atoms in total. The zero-order chi connectivity index (χ0) is 12.3. The molecule has 0 aromatic heterocycles. The maximum Gasteiger partial charge on any atom is 0.147 e. The largest absolute Gasteiger partial charge is 0.491 e. The van der Waals surface area contributed by atoms with E-state index in [1.54, 1.807) is 0 Å². The van der Waals surface area contributed by atoms with E-state index in [0.29, 0.717) is 19.6 Å². The number of hydrogen-bond donors (Lipinski definition) is 1. The topological polar surface area (TPSA) is 55.4 Å². The minimum Gasteiger partial charge on any atom is -0.491 e. The van der Waals surface area contributed by atoms with Gasteiger partial charge in [0.1, 0.15) is 22.2 Å². The zero-order valence-electron chi connectivity index (χ0n) is 9.85. The fourth-order valence-electron chi connectivity index (χ4n) is 1.94. The van der Waals surface area contributed by atoms with Crippen LogP contribution in [0.4, 0.5) is 0 Å². The molecule has 94 valence electrons. The van der Waals surface area contributed by atoms with Gasteiger partial charge in [-0.1, -0.05) is 18.2 Å². The van der Waals surface area contributed by atoms with E-state index in [4.69, 9.17) is 4.74 Å². The average molecular weight is 255 g/mol. The van der Waals surface area contributed by atoms with Crippen LogP contribution in [-0.4, -0.2) is 33.6 Å². The van der Waals surface area contributed by atoms with E-state index in [0.717, 1.165) is 11.3 Å². The smallest absolute Gasteiger partial charge is 0.147 e. The second-order valence-corrected chi connectivity index (χ2v) is 6.60. The van der Waals surface area contributed by atoms with E-state index in [1.807, 2.05) is 24.3 Å². The number of nitrogens with one attached hydrogen (secondary N) is 1. The fraction of sp³-hybridized carbons (Fsp3) is 0.500. The lowest BCUT2D eigenvalue weighted by atomic mass is 10.1. The molecule has 0 saturated heterocycles. The third kappa shape index (κ3) is 3.44. The zero-order valence-corrected chi connectivity index (χ0v) is 10.7. The summed E-state index contributed by atoms with van der Waals surface area (Å²) < 4.78 is 27.5. The van der Waals surface area contributed by atoms with Gasteiger partial charge in [0.05, 0.1) is 11.8 Å². The van der Waals surface area contributed by atoms with Crippen LogP contribution in [0.2, 0.25) is 0 Å². The molecule has 1 aromatic rings. The van der Waals surface area contributed by atoms with Crippen LogP contribution < -0.4 is 10.1 Å². The van der Waals surface area contributed by atoms with E-state index in [2.05, 4.69) is 5.32 Å². The average Bonchev–Trinajstić information content (AvgIpc) is 2.67. The molecule has 1 aromatic carbocycles. The van der Waals surface area contributed by atoms with Gasteiger partial charge < -0.3 is 10.1 Å². The molecule has 0 bridgehead atoms. The van der Waals surface area contributed by atoms with Crippen LogP contribution in [0.25, 0.3) is 0 Å². The van der Waals surface area contributed by atoms with Crippen molar-refractivity contribution < 1.29 is 13.2 Å². The SMILES string of the molecule is CS(=O)(=O)CCCNC1COc2ccccc21. The molecule has 1 aliphatic heterocycles. The van der Waals surface area contributed by atoms with Crippen LogP contribution in [0, 0.1) is 0 Å². The van der Waals surface area contributed by atoms with Crippen molar-refractivity contribution in [2.75, 3.05) is 25.2 Å². The molecule has 17 heavy (non-hydrogen) atoms. The Morgan fingerprint density at radius 1 is 1.41 bits per heavy atom. The Labute approximate surface area is 102 Å². The lowest BCUT2D eigenvalue weighted by molar-refractivity contribution is 0.311. The standard InChI is InChI=1S/C12H17NO3S/c1-17(14,15)8-4-7-13-11-9-16-12-6-3-2-5-10(11)12/h2-3,5-6,11,13H,4,7-9H2,1H3. The summed E-state index contributed by atoms with van der Waals surface area (Å²) in [6, 6.07) is 8.11. The van der Waals surface area contributed by atoms with E-state index >= 15 is 0 Å². The number of ether oxygens (including phenoxy) is 1. The molecule has 0 fully saturated rings. The maximum absolute atomic E-state index is 11.0. The second-order valence-electron chi connectivity index (χ2n) is 4.34. The van der Waals surface area contributed by atoms with Crippen molar-refractivity contribution in [3.63, 3.8) is 0 Å². The molecule has 0 aliphatic carbocycles. The quantitative estimate of drug-likeness (QED) is 0.802. The summed E-state index contributed by atoms with van der Waals surface area (Å²) in [4.78, 5) is 0. The molecule has 0 radical (unpaired) electrons. The Bertz CT molecular complexity index is 484. The molecule has 1 unspecified atom stereocenters. The van der Waals surface area contributed by atoms with E-state index in [1.165, 1.54) is 6.26 Å². The van der Waals surface area contributed by atoms with Gasteiger partial charge in [-0.05, 0) is 19.0 Å². The molecule has 1 atom stereocenters. The van der Waals surface area contributed by atoms with Crippen LogP contribution in [0.1, 0.15) is 18.0 Å². The summed E-state index contributed by atoms with van der Waals surface area (Å²) in [5, 5.41) is 3.32. The monoisotopic (exact) mass is 255 g/mol. The summed E-state index contributed by atoms with van der Waals surface area (Å²) in [6.07, 6.45) is 1.90. The predicted octanol–water partition coefficient (Wildman–Crippen LogP) is 1.14. The Balaban J connectivity index is 1.82. The number of sulfone groups is 1. The lowest BCUT2D eigenvalue weighted by Gasteiger charge is -2.10. The van der Waals surface area contributed by atoms with Gasteiger partial charge in [-0.2, -0.15) is 0 Å². The van der Waals surface area contributed by atoms with Crippen LogP contribution in [-0.2, 0) is 9.84 Å². The van der Waals surface area contributed by atoms with Gasteiger partial charge in [-0.3, -0.25) is 0 Å². The highest BCUT2D eigenvalue weighted by molar-refractivity contribution is 7.90. The molecule has 1 N–H and O–H groups in total. The van der Waals surface area contributed by atoms with Crippen molar-refractivity contribution in [3.8, 4) is 5.75 Å². The molecule has 0 amide bonds. The van der Waals surface area contributed by atoms with Crippen molar-refractivity contribution in [1.29, 1.82) is 0 Å². The summed E-state index contributed by atoms with van der Waals surface area (Å²) >= 11 is 0. The molecule has 0 spiro atoms. The minimum atomic E-state index is -2.85. The first-order valence-corrected chi connectivity index (χ1v) is 7.75. The van der Waals surface area contributed by atoms with Crippen LogP contribution in [0.15, 0.2) is 24.3 Å². The van der Waals surface area contributed by atoms with Gasteiger partial charge in [-0.25, -0.2) is 8.42 Å². The van der Waals surface area contributed by atoms with Crippen LogP contribution in [0.3, 0.4) is 0 Å². The van der Waals surface area contributed by atoms with Gasteiger partial charge in [0.2, 0.25) is 0 Å². The van der Waals surface area contributed by atoms with Crippen LogP contribution in [0.5, 0.6) is 5.75 Å². The Morgan fingerprint density at radius 2 is 2.18 bits per heavy atom. The summed E-state index contributed by atoms with van der Waals surface area (Å²) in [7, 11) is -2.85. The molecule has 2 rings (SSSR count). The van der Waals surface area contributed by atoms with Crippen molar-refractivity contribution in [2.45, 2.75) is 12.5 Å². The van der Waals surface area contributed by atoms with Gasteiger partial charge in [0, 0.05) is 11.8 Å². The molecule has 5 heteroatoms. The number of rotatable bonds is 5. The first kappa shape index (κ1) is 12.4. The first-order valence-electron chi connectivity index (χ1n) is 5.69. The highest BCUT2D eigenvalue weighted by atomic mass is 32.2. The van der Waals surface area contributed by atoms with Crippen molar-refractivity contribution in [2.24, 2.45) is 0 Å². The van der Waals surface area contributed by atoms with Crippen molar-refractivity contribution in [1.82, 2.24) is 5.32 Å². The summed E-state index contributed by atoms with van der Waals surface area (Å²) in [5.74, 6) is 1.16. The number of hydrogen-bond acceptors (Lipinski definition) is 4. The van der Waals surface area contributed by atoms with Crippen molar-refractivity contribution >= 4 is 9.84 Å². The normalized spacial score (nSPS) is 18.8. The maximum atomic E-state index is 11.0. The lowest BCUT2D eigenvalue weighted by Crippen LogP contribution is -2.24. The second kappa shape index (κ2) is 5.06. The molecular formula is C12H17NO3S. The summed E-state index contributed by atoms with van der Waals surface area (Å²) in [6.45, 7) is 1.31. The van der Waals surface area contributed by atoms with Gasteiger partial charge in [0.25, 0.3) is 0 Å². The van der Waals surface area contributed by atoms with Crippen molar-refractivity contribution in [3.05, 3.63) is 29.8 Å². The van der Waals surface area contributed by atoms with E-state index in [-0.39, 0.29) is 11.8 Å². The van der Waals surface area contributed by atoms with Gasteiger partial charge in [0.15, 0.2) is 0 Å². The molecular weight excluding hydrogens is 238 g/mol. The molecule has 0 saturated carbocycles. The third-order valence-electron chi connectivity index (χ3n) is 2.78. The molecule has 1 heterocycles. The minimum absolute atomic E-state index is 0.186. The van der Waals surface area contributed by atoms with Gasteiger partial charge in [-0.15, -0.1) is 0 Å². The Kier molecular flexibility index (Phi) is 3.69. The highest BCUT2D eigenvalue weighted by Crippen LogP contribution is 2.31. The first-order chi connectivity index (χ1) is 8.06. The van der Waals surface area contributed by atoms with Gasteiger partial charge >= 0.3 is 0 Å². The van der Waals surface area contributed by atoms with Crippen LogP contribution >= 0.6 is 0 Å².